The van der Waals surface area contributed by atoms with Crippen LogP contribution in [0.5, 0.6) is 0 Å². The van der Waals surface area contributed by atoms with Gasteiger partial charge in [0.15, 0.2) is 5.06 Å². The van der Waals surface area contributed by atoms with E-state index in [1.165, 1.54) is 6.08 Å². The molecule has 0 saturated carbocycles. The van der Waals surface area contributed by atoms with Crippen molar-refractivity contribution in [2.24, 2.45) is 0 Å². The molecule has 0 radical (unpaired) electrons. The molecule has 1 rings (SSSR count). The van der Waals surface area contributed by atoms with Gasteiger partial charge in [-0.3, -0.25) is 0 Å². The molecular weight excluding hydrogens is 159 g/mol. The van der Waals surface area contributed by atoms with Crippen LogP contribution in [0.4, 0.5) is 0 Å². The van der Waals surface area contributed by atoms with E-state index in [0.29, 0.717) is 11.5 Å². The minimum Gasteiger partial charge on any atom is -0.371 e. The van der Waals surface area contributed by atoms with Gasteiger partial charge in [0.2, 0.25) is 0 Å². The lowest BCUT2D eigenvalue weighted by Gasteiger charge is -2.17. The van der Waals surface area contributed by atoms with Crippen LogP contribution in [0.3, 0.4) is 0 Å². The Balaban J connectivity index is 2.73. The van der Waals surface area contributed by atoms with E-state index in [-0.39, 0.29) is 0 Å². The van der Waals surface area contributed by atoms with E-state index >= 15 is 0 Å². The number of aliphatic hydroxyl groups is 1. The SMILES string of the molecule is O[C@@]1(Cl)C=CC=C(Cl)C1. The Morgan fingerprint density at radius 1 is 1.67 bits per heavy atom. The number of allylic oxidation sites excluding steroid dienone is 2. The highest BCUT2D eigenvalue weighted by Crippen LogP contribution is 2.28. The standard InChI is InChI=1S/C6H6Cl2O/c7-5-2-1-3-6(8,9)4-5/h1-3,9H,4H2/t6-/m0/s1. The number of halogens is 2. The molecule has 0 spiro atoms. The Kier molecular flexibility index (Phi) is 1.85. The van der Waals surface area contributed by atoms with Crippen LogP contribution in [0.2, 0.25) is 0 Å². The molecule has 0 aromatic heterocycles. The summed E-state index contributed by atoms with van der Waals surface area (Å²) in [6.07, 6.45) is 5.14. The molecule has 3 heteroatoms. The number of alkyl halides is 1. The molecule has 0 fully saturated rings. The molecular formula is C6H6Cl2O. The zero-order valence-electron chi connectivity index (χ0n) is 4.64. The molecule has 1 nitrogen and oxygen atoms in total. The highest BCUT2D eigenvalue weighted by atomic mass is 35.5. The van der Waals surface area contributed by atoms with E-state index < -0.39 is 5.06 Å². The first-order chi connectivity index (χ1) is 4.10. The molecule has 0 aliphatic heterocycles. The Labute approximate surface area is 63.6 Å². The summed E-state index contributed by atoms with van der Waals surface area (Å²) in [6.45, 7) is 0. The molecule has 9 heavy (non-hydrogen) atoms. The highest BCUT2D eigenvalue weighted by molar-refractivity contribution is 6.31. The van der Waals surface area contributed by atoms with E-state index in [2.05, 4.69) is 0 Å². The fourth-order valence-corrected chi connectivity index (χ4v) is 1.22. The smallest absolute Gasteiger partial charge is 0.162 e. The fraction of sp³-hybridized carbons (Fsp3) is 0.333. The van der Waals surface area contributed by atoms with Crippen molar-refractivity contribution in [3.05, 3.63) is 23.3 Å². The summed E-state index contributed by atoms with van der Waals surface area (Å²) in [5, 5.41) is 8.42. The van der Waals surface area contributed by atoms with Crippen molar-refractivity contribution in [1.82, 2.24) is 0 Å². The molecule has 0 heterocycles. The van der Waals surface area contributed by atoms with Crippen LogP contribution < -0.4 is 0 Å². The average Bonchev–Trinajstić information content (AvgIpc) is 1.60. The second-order valence-electron chi connectivity index (χ2n) is 1.97. The van der Waals surface area contributed by atoms with Gasteiger partial charge in [0.25, 0.3) is 0 Å². The first kappa shape index (κ1) is 7.13. The minimum absolute atomic E-state index is 0.298. The maximum absolute atomic E-state index is 9.10. The molecule has 1 aliphatic rings. The fourth-order valence-electron chi connectivity index (χ4n) is 0.655. The van der Waals surface area contributed by atoms with Crippen LogP contribution in [-0.4, -0.2) is 10.2 Å². The van der Waals surface area contributed by atoms with Crippen molar-refractivity contribution in [1.29, 1.82) is 0 Å². The summed E-state index contributed by atoms with van der Waals surface area (Å²) in [5.41, 5.74) is 0. The Morgan fingerprint density at radius 3 is 2.67 bits per heavy atom. The molecule has 1 N–H and O–H groups in total. The lowest BCUT2D eigenvalue weighted by atomic mass is 10.1. The van der Waals surface area contributed by atoms with Gasteiger partial charge < -0.3 is 5.11 Å². The lowest BCUT2D eigenvalue weighted by molar-refractivity contribution is 0.180. The maximum atomic E-state index is 9.10. The molecule has 0 amide bonds. The van der Waals surface area contributed by atoms with Gasteiger partial charge in [-0.25, -0.2) is 0 Å². The van der Waals surface area contributed by atoms with Crippen molar-refractivity contribution in [2.75, 3.05) is 0 Å². The van der Waals surface area contributed by atoms with E-state index in [9.17, 15) is 0 Å². The normalized spacial score (nSPS) is 34.3. The van der Waals surface area contributed by atoms with Crippen LogP contribution >= 0.6 is 23.2 Å². The van der Waals surface area contributed by atoms with Gasteiger partial charge in [0.05, 0.1) is 0 Å². The third-order valence-corrected chi connectivity index (χ3v) is 1.56. The van der Waals surface area contributed by atoms with Crippen molar-refractivity contribution < 1.29 is 5.11 Å². The molecule has 1 aliphatic carbocycles. The van der Waals surface area contributed by atoms with Crippen molar-refractivity contribution in [3.63, 3.8) is 0 Å². The topological polar surface area (TPSA) is 20.2 Å². The van der Waals surface area contributed by atoms with Gasteiger partial charge in [-0.1, -0.05) is 29.3 Å². The highest BCUT2D eigenvalue weighted by Gasteiger charge is 2.22. The number of hydrogen-bond donors (Lipinski definition) is 1. The monoisotopic (exact) mass is 164 g/mol. The lowest BCUT2D eigenvalue weighted by Crippen LogP contribution is -2.18. The molecule has 0 saturated heterocycles. The van der Waals surface area contributed by atoms with E-state index in [1.54, 1.807) is 12.2 Å². The van der Waals surface area contributed by atoms with Gasteiger partial charge in [0.1, 0.15) is 0 Å². The van der Waals surface area contributed by atoms with Crippen LogP contribution in [-0.2, 0) is 0 Å². The third kappa shape index (κ3) is 2.01. The summed E-state index contributed by atoms with van der Waals surface area (Å²) < 4.78 is 0. The quantitative estimate of drug-likeness (QED) is 0.544. The van der Waals surface area contributed by atoms with E-state index in [4.69, 9.17) is 28.3 Å². The Morgan fingerprint density at radius 2 is 2.33 bits per heavy atom. The molecule has 0 aromatic carbocycles. The van der Waals surface area contributed by atoms with Gasteiger partial charge in [-0.05, 0) is 12.2 Å². The van der Waals surface area contributed by atoms with Crippen molar-refractivity contribution in [2.45, 2.75) is 11.5 Å². The molecule has 0 unspecified atom stereocenters. The molecule has 0 aromatic rings. The Bertz CT molecular complexity index is 170. The second-order valence-corrected chi connectivity index (χ2v) is 3.11. The van der Waals surface area contributed by atoms with Crippen molar-refractivity contribution in [3.8, 4) is 0 Å². The summed E-state index contributed by atoms with van der Waals surface area (Å²) in [7, 11) is 0. The summed E-state index contributed by atoms with van der Waals surface area (Å²) in [5.74, 6) is 0. The van der Waals surface area contributed by atoms with Gasteiger partial charge in [-0.2, -0.15) is 0 Å². The zero-order valence-corrected chi connectivity index (χ0v) is 6.15. The van der Waals surface area contributed by atoms with Crippen molar-refractivity contribution >= 4 is 23.2 Å². The predicted molar refractivity (Wildman–Crippen MR) is 38.5 cm³/mol. The van der Waals surface area contributed by atoms with E-state index in [1.807, 2.05) is 0 Å². The molecule has 0 bridgehead atoms. The zero-order chi connectivity index (χ0) is 6.91. The van der Waals surface area contributed by atoms with Gasteiger partial charge in [0, 0.05) is 11.5 Å². The largest absolute Gasteiger partial charge is 0.371 e. The first-order valence-electron chi connectivity index (χ1n) is 2.55. The third-order valence-electron chi connectivity index (χ3n) is 1.05. The van der Waals surface area contributed by atoms with Crippen LogP contribution in [0.25, 0.3) is 0 Å². The van der Waals surface area contributed by atoms with E-state index in [0.717, 1.165) is 0 Å². The van der Waals surface area contributed by atoms with Crippen LogP contribution in [0.1, 0.15) is 6.42 Å². The van der Waals surface area contributed by atoms with Gasteiger partial charge >= 0.3 is 0 Å². The maximum Gasteiger partial charge on any atom is 0.162 e. The number of hydrogen-bond acceptors (Lipinski definition) is 1. The van der Waals surface area contributed by atoms with Crippen LogP contribution in [0, 0.1) is 0 Å². The first-order valence-corrected chi connectivity index (χ1v) is 3.31. The van der Waals surface area contributed by atoms with Gasteiger partial charge in [-0.15, -0.1) is 0 Å². The second kappa shape index (κ2) is 2.33. The summed E-state index contributed by atoms with van der Waals surface area (Å²) in [6, 6.07) is 0. The summed E-state index contributed by atoms with van der Waals surface area (Å²) >= 11 is 11.1. The summed E-state index contributed by atoms with van der Waals surface area (Å²) in [4.78, 5) is 0. The number of rotatable bonds is 0. The predicted octanol–water partition coefficient (Wildman–Crippen LogP) is 2.00. The molecule has 50 valence electrons. The van der Waals surface area contributed by atoms with Crippen LogP contribution in [0.15, 0.2) is 23.3 Å². The average molecular weight is 165 g/mol. The minimum atomic E-state index is -1.26. The Hall–Kier alpha value is 0.0200. The molecule has 1 atom stereocenters.